The molecule has 0 spiro atoms. The number of carboxylic acid groups (broad SMARTS) is 1. The smallest absolute Gasteiger partial charge is 0.407 e. The van der Waals surface area contributed by atoms with E-state index in [1.807, 2.05) is 19.2 Å². The molecule has 1 atom stereocenters. The van der Waals surface area contributed by atoms with Crippen molar-refractivity contribution in [2.75, 3.05) is 6.54 Å². The Kier molecular flexibility index (Phi) is 8.19. The van der Waals surface area contributed by atoms with Gasteiger partial charge >= 0.3 is 6.09 Å². The standard InChI is InChI=1S/C19H34N2O4SSi/c1-9-21(18(23)24)15(13(2)3)10-16(22)17-20-14(12-26-17)11-25-27(7,8)19(4,5)6/h12-13,15H,9-11H2,1-8H3,(H,23,24). The zero-order chi connectivity index (χ0) is 21.0. The molecule has 0 aliphatic heterocycles. The van der Waals surface area contributed by atoms with Crippen LogP contribution in [0.2, 0.25) is 18.1 Å². The molecule has 1 N–H and O–H groups in total. The molecule has 0 aliphatic carbocycles. The lowest BCUT2D eigenvalue weighted by Gasteiger charge is -2.35. The second-order valence-electron chi connectivity index (χ2n) is 8.70. The molecule has 0 fully saturated rings. The van der Waals surface area contributed by atoms with Gasteiger partial charge in [-0.3, -0.25) is 4.79 Å². The van der Waals surface area contributed by atoms with Crippen LogP contribution in [0, 0.1) is 5.92 Å². The van der Waals surface area contributed by atoms with E-state index in [1.54, 1.807) is 6.92 Å². The fraction of sp³-hybridized carbons (Fsp3) is 0.737. The summed E-state index contributed by atoms with van der Waals surface area (Å²) in [7, 11) is -1.87. The van der Waals surface area contributed by atoms with Crippen LogP contribution in [0.1, 0.15) is 63.5 Å². The van der Waals surface area contributed by atoms with E-state index in [0.29, 0.717) is 18.2 Å². The third-order valence-corrected chi connectivity index (χ3v) is 10.7. The topological polar surface area (TPSA) is 79.7 Å². The van der Waals surface area contributed by atoms with Crippen molar-refractivity contribution in [2.45, 2.75) is 78.7 Å². The normalized spacial score (nSPS) is 13.7. The molecule has 1 rings (SSSR count). The minimum absolute atomic E-state index is 0.0475. The van der Waals surface area contributed by atoms with Gasteiger partial charge in [0.05, 0.1) is 12.3 Å². The minimum atomic E-state index is -1.87. The lowest BCUT2D eigenvalue weighted by molar-refractivity contribution is 0.0852. The molecule has 27 heavy (non-hydrogen) atoms. The summed E-state index contributed by atoms with van der Waals surface area (Å²) in [6, 6.07) is -0.351. The number of hydrogen-bond donors (Lipinski definition) is 1. The van der Waals surface area contributed by atoms with Crippen LogP contribution < -0.4 is 0 Å². The minimum Gasteiger partial charge on any atom is -0.465 e. The van der Waals surface area contributed by atoms with E-state index in [1.165, 1.54) is 16.2 Å². The molecule has 6 nitrogen and oxygen atoms in total. The molecule has 154 valence electrons. The van der Waals surface area contributed by atoms with Crippen molar-refractivity contribution in [1.82, 2.24) is 9.88 Å². The Bertz CT molecular complexity index is 652. The van der Waals surface area contributed by atoms with Crippen LogP contribution in [0.15, 0.2) is 5.38 Å². The Hall–Kier alpha value is -1.25. The fourth-order valence-corrected chi connectivity index (χ4v) is 4.16. The Morgan fingerprint density at radius 1 is 1.33 bits per heavy atom. The number of ketones is 1. The third-order valence-electron chi connectivity index (χ3n) is 5.33. The molecule has 8 heteroatoms. The maximum Gasteiger partial charge on any atom is 0.407 e. The number of nitrogens with zero attached hydrogens (tertiary/aromatic N) is 2. The van der Waals surface area contributed by atoms with E-state index in [4.69, 9.17) is 4.43 Å². The van der Waals surface area contributed by atoms with E-state index < -0.39 is 14.4 Å². The number of thiazole rings is 1. The highest BCUT2D eigenvalue weighted by atomic mass is 32.1. The monoisotopic (exact) mass is 414 g/mol. The van der Waals surface area contributed by atoms with Crippen LogP contribution in [0.25, 0.3) is 0 Å². The number of aromatic nitrogens is 1. The van der Waals surface area contributed by atoms with Crippen LogP contribution in [0.5, 0.6) is 0 Å². The quantitative estimate of drug-likeness (QED) is 0.440. The molecule has 0 saturated carbocycles. The second kappa shape index (κ2) is 9.30. The summed E-state index contributed by atoms with van der Waals surface area (Å²) in [4.78, 5) is 29.9. The predicted octanol–water partition coefficient (Wildman–Crippen LogP) is 5.26. The molecule has 1 amide bonds. The highest BCUT2D eigenvalue weighted by Gasteiger charge is 2.37. The molecule has 0 aliphatic rings. The van der Waals surface area contributed by atoms with Gasteiger partial charge < -0.3 is 14.4 Å². The molecule has 1 aromatic heterocycles. The fourth-order valence-electron chi connectivity index (χ4n) is 2.47. The van der Waals surface area contributed by atoms with Crippen molar-refractivity contribution in [3.63, 3.8) is 0 Å². The Morgan fingerprint density at radius 2 is 1.93 bits per heavy atom. The molecular weight excluding hydrogens is 380 g/mol. The third kappa shape index (κ3) is 6.39. The average Bonchev–Trinajstić information content (AvgIpc) is 3.00. The number of hydrogen-bond acceptors (Lipinski definition) is 5. The van der Waals surface area contributed by atoms with Crippen molar-refractivity contribution in [2.24, 2.45) is 5.92 Å². The van der Waals surface area contributed by atoms with Crippen molar-refractivity contribution in [3.05, 3.63) is 16.1 Å². The summed E-state index contributed by atoms with van der Waals surface area (Å²) in [6.07, 6.45) is -0.847. The van der Waals surface area contributed by atoms with Crippen molar-refractivity contribution in [1.29, 1.82) is 0 Å². The van der Waals surface area contributed by atoms with Crippen LogP contribution >= 0.6 is 11.3 Å². The lowest BCUT2D eigenvalue weighted by Crippen LogP contribution is -2.43. The van der Waals surface area contributed by atoms with Crippen molar-refractivity contribution < 1.29 is 19.1 Å². The number of carbonyl (C=O) groups is 2. The van der Waals surface area contributed by atoms with Crippen molar-refractivity contribution >= 4 is 31.5 Å². The van der Waals surface area contributed by atoms with Gasteiger partial charge in [-0.25, -0.2) is 9.78 Å². The van der Waals surface area contributed by atoms with E-state index in [9.17, 15) is 14.7 Å². The first-order valence-corrected chi connectivity index (χ1v) is 13.2. The van der Waals surface area contributed by atoms with Crippen molar-refractivity contribution in [3.8, 4) is 0 Å². The maximum absolute atomic E-state index is 12.7. The van der Waals surface area contributed by atoms with Gasteiger partial charge in [0.1, 0.15) is 0 Å². The Balaban J connectivity index is 2.81. The summed E-state index contributed by atoms with van der Waals surface area (Å²) >= 11 is 1.31. The molecular formula is C19H34N2O4SSi. The molecule has 1 heterocycles. The van der Waals surface area contributed by atoms with E-state index in [2.05, 4.69) is 38.8 Å². The number of Topliss-reactive ketones (excluding diaryl/α,β-unsaturated/α-hetero) is 1. The molecule has 1 unspecified atom stereocenters. The van der Waals surface area contributed by atoms with E-state index >= 15 is 0 Å². The van der Waals surface area contributed by atoms with Crippen LogP contribution in [0.4, 0.5) is 4.79 Å². The summed E-state index contributed by atoms with van der Waals surface area (Å²) in [5.74, 6) is -0.0664. The lowest BCUT2D eigenvalue weighted by atomic mass is 9.97. The molecule has 0 radical (unpaired) electrons. The zero-order valence-electron chi connectivity index (χ0n) is 17.8. The van der Waals surface area contributed by atoms with Gasteiger partial charge in [-0.15, -0.1) is 11.3 Å². The maximum atomic E-state index is 12.7. The number of carbonyl (C=O) groups excluding carboxylic acids is 1. The van der Waals surface area contributed by atoms with Crippen LogP contribution in [0.3, 0.4) is 0 Å². The van der Waals surface area contributed by atoms with E-state index in [-0.39, 0.29) is 29.2 Å². The highest BCUT2D eigenvalue weighted by molar-refractivity contribution is 7.11. The molecule has 0 aromatic carbocycles. The Labute approximate surface area is 168 Å². The number of amides is 1. The van der Waals surface area contributed by atoms with Gasteiger partial charge in [-0.2, -0.15) is 0 Å². The van der Waals surface area contributed by atoms with Gasteiger partial charge in [0.25, 0.3) is 0 Å². The number of rotatable bonds is 9. The summed E-state index contributed by atoms with van der Waals surface area (Å²) < 4.78 is 6.17. The van der Waals surface area contributed by atoms with E-state index in [0.717, 1.165) is 5.69 Å². The van der Waals surface area contributed by atoms with Gasteiger partial charge in [-0.1, -0.05) is 34.6 Å². The zero-order valence-corrected chi connectivity index (χ0v) is 19.6. The second-order valence-corrected chi connectivity index (χ2v) is 14.4. The van der Waals surface area contributed by atoms with Gasteiger partial charge in [0.15, 0.2) is 19.1 Å². The van der Waals surface area contributed by atoms with Crippen LogP contribution in [-0.4, -0.2) is 47.8 Å². The predicted molar refractivity (Wildman–Crippen MR) is 112 cm³/mol. The largest absolute Gasteiger partial charge is 0.465 e. The van der Waals surface area contributed by atoms with Gasteiger partial charge in [0, 0.05) is 24.4 Å². The molecule has 0 bridgehead atoms. The highest BCUT2D eigenvalue weighted by Crippen LogP contribution is 2.37. The Morgan fingerprint density at radius 3 is 2.37 bits per heavy atom. The SMILES string of the molecule is CCN(C(=O)O)C(CC(=O)c1nc(CO[Si](C)(C)C(C)(C)C)cs1)C(C)C. The van der Waals surface area contributed by atoms with Crippen LogP contribution in [-0.2, 0) is 11.0 Å². The molecule has 1 aromatic rings. The summed E-state index contributed by atoms with van der Waals surface area (Å²) in [5, 5.41) is 11.8. The first-order chi connectivity index (χ1) is 12.3. The summed E-state index contributed by atoms with van der Waals surface area (Å²) in [5.41, 5.74) is 0.764. The molecule has 0 saturated heterocycles. The summed E-state index contributed by atoms with van der Waals surface area (Å²) in [6.45, 7) is 17.3. The van der Waals surface area contributed by atoms with Gasteiger partial charge in [-0.05, 0) is 31.0 Å². The first kappa shape index (κ1) is 23.8. The first-order valence-electron chi connectivity index (χ1n) is 9.41. The average molecular weight is 415 g/mol. The van der Waals surface area contributed by atoms with Gasteiger partial charge in [0.2, 0.25) is 0 Å².